The molecule has 0 radical (unpaired) electrons. The number of ether oxygens (including phenoxy) is 1. The molecule has 0 saturated heterocycles. The molecule has 96 valence electrons. The minimum atomic E-state index is 0.606. The zero-order chi connectivity index (χ0) is 12.8. The molecule has 0 heterocycles. The summed E-state index contributed by atoms with van der Waals surface area (Å²) in [5, 5.41) is 0. The Morgan fingerprint density at radius 3 is 2.59 bits per heavy atom. The first-order chi connectivity index (χ1) is 8.08. The molecule has 0 spiro atoms. The predicted molar refractivity (Wildman–Crippen MR) is 78.4 cm³/mol. The van der Waals surface area contributed by atoms with Crippen LogP contribution in [0.5, 0.6) is 5.75 Å². The molecule has 0 saturated carbocycles. The van der Waals surface area contributed by atoms with E-state index >= 15 is 0 Å². The van der Waals surface area contributed by atoms with Crippen molar-refractivity contribution < 1.29 is 4.74 Å². The Morgan fingerprint density at radius 1 is 1.35 bits per heavy atom. The first kappa shape index (κ1) is 14.2. The van der Waals surface area contributed by atoms with Crippen LogP contribution >= 0.6 is 12.6 Å². The van der Waals surface area contributed by atoms with E-state index in [2.05, 4.69) is 50.6 Å². The third-order valence-electron chi connectivity index (χ3n) is 3.18. The number of nitrogens with zero attached hydrogens (tertiary/aromatic N) is 1. The summed E-state index contributed by atoms with van der Waals surface area (Å²) in [4.78, 5) is 2.27. The molecule has 0 N–H and O–H groups in total. The average Bonchev–Trinajstić information content (AvgIpc) is 2.35. The Bertz CT molecular complexity index is 341. The third-order valence-corrected chi connectivity index (χ3v) is 3.65. The van der Waals surface area contributed by atoms with Crippen molar-refractivity contribution >= 4 is 18.3 Å². The summed E-state index contributed by atoms with van der Waals surface area (Å²) >= 11 is 4.43. The standard InChI is InChI=1S/C14H23NOS/c1-11(2)12(10-17)9-15(3)13-6-5-7-14(8-13)16-4/h5-8,11-12,17H,9-10H2,1-4H3. The molecule has 1 rings (SSSR count). The van der Waals surface area contributed by atoms with Crippen LogP contribution in [0.25, 0.3) is 0 Å². The van der Waals surface area contributed by atoms with Gasteiger partial charge in [-0.3, -0.25) is 0 Å². The van der Waals surface area contributed by atoms with E-state index in [-0.39, 0.29) is 0 Å². The topological polar surface area (TPSA) is 12.5 Å². The lowest BCUT2D eigenvalue weighted by Crippen LogP contribution is -2.29. The molecular formula is C14H23NOS. The summed E-state index contributed by atoms with van der Waals surface area (Å²) in [7, 11) is 3.82. The predicted octanol–water partition coefficient (Wildman–Crippen LogP) is 3.33. The van der Waals surface area contributed by atoms with Crippen molar-refractivity contribution in [2.75, 3.05) is 31.4 Å². The highest BCUT2D eigenvalue weighted by atomic mass is 32.1. The molecular weight excluding hydrogens is 230 g/mol. The highest BCUT2D eigenvalue weighted by Crippen LogP contribution is 2.22. The van der Waals surface area contributed by atoms with Crippen molar-refractivity contribution in [1.29, 1.82) is 0 Å². The summed E-state index contributed by atoms with van der Waals surface area (Å²) in [5.41, 5.74) is 1.19. The Kier molecular flexibility index (Phi) is 5.69. The zero-order valence-electron chi connectivity index (χ0n) is 11.2. The minimum absolute atomic E-state index is 0.606. The Morgan fingerprint density at radius 2 is 2.06 bits per heavy atom. The maximum Gasteiger partial charge on any atom is 0.120 e. The van der Waals surface area contributed by atoms with Gasteiger partial charge in [0.2, 0.25) is 0 Å². The fourth-order valence-electron chi connectivity index (χ4n) is 1.78. The van der Waals surface area contributed by atoms with E-state index in [1.165, 1.54) is 5.69 Å². The summed E-state index contributed by atoms with van der Waals surface area (Å²) in [5.74, 6) is 3.09. The number of hydrogen-bond acceptors (Lipinski definition) is 3. The monoisotopic (exact) mass is 253 g/mol. The van der Waals surface area contributed by atoms with Crippen molar-refractivity contribution in [1.82, 2.24) is 0 Å². The van der Waals surface area contributed by atoms with Gasteiger partial charge in [-0.05, 0) is 29.7 Å². The van der Waals surface area contributed by atoms with E-state index < -0.39 is 0 Å². The van der Waals surface area contributed by atoms with Crippen LogP contribution in [0.3, 0.4) is 0 Å². The van der Waals surface area contributed by atoms with Crippen LogP contribution < -0.4 is 9.64 Å². The Balaban J connectivity index is 2.71. The largest absolute Gasteiger partial charge is 0.497 e. The number of methoxy groups -OCH3 is 1. The van der Waals surface area contributed by atoms with Crippen LogP contribution in [0, 0.1) is 11.8 Å². The van der Waals surface area contributed by atoms with Crippen molar-refractivity contribution in [2.24, 2.45) is 11.8 Å². The third kappa shape index (κ3) is 4.15. The van der Waals surface area contributed by atoms with Crippen LogP contribution in [-0.4, -0.2) is 26.5 Å². The van der Waals surface area contributed by atoms with Crippen molar-refractivity contribution in [3.8, 4) is 5.75 Å². The van der Waals surface area contributed by atoms with Gasteiger partial charge in [0.1, 0.15) is 5.75 Å². The van der Waals surface area contributed by atoms with E-state index in [0.29, 0.717) is 11.8 Å². The lowest BCUT2D eigenvalue weighted by Gasteiger charge is -2.27. The van der Waals surface area contributed by atoms with E-state index in [4.69, 9.17) is 4.74 Å². The van der Waals surface area contributed by atoms with Gasteiger partial charge in [0.05, 0.1) is 7.11 Å². The molecule has 3 heteroatoms. The van der Waals surface area contributed by atoms with Crippen molar-refractivity contribution in [2.45, 2.75) is 13.8 Å². The molecule has 0 fully saturated rings. The smallest absolute Gasteiger partial charge is 0.120 e. The number of rotatable bonds is 6. The summed E-state index contributed by atoms with van der Waals surface area (Å²) < 4.78 is 5.24. The molecule has 0 amide bonds. The first-order valence-electron chi connectivity index (χ1n) is 6.04. The highest BCUT2D eigenvalue weighted by molar-refractivity contribution is 7.80. The Hall–Kier alpha value is -0.830. The number of anilines is 1. The Labute approximate surface area is 110 Å². The summed E-state index contributed by atoms with van der Waals surface area (Å²) in [6.07, 6.45) is 0. The van der Waals surface area contributed by atoms with Gasteiger partial charge in [0, 0.05) is 25.3 Å². The van der Waals surface area contributed by atoms with E-state index in [1.807, 2.05) is 12.1 Å². The SMILES string of the molecule is COc1cccc(N(C)CC(CS)C(C)C)c1. The molecule has 17 heavy (non-hydrogen) atoms. The molecule has 0 aliphatic rings. The fourth-order valence-corrected chi connectivity index (χ4v) is 2.32. The van der Waals surface area contributed by atoms with Gasteiger partial charge in [0.15, 0.2) is 0 Å². The molecule has 1 aromatic carbocycles. The van der Waals surface area contributed by atoms with Gasteiger partial charge in [-0.1, -0.05) is 19.9 Å². The van der Waals surface area contributed by atoms with Crippen LogP contribution in [0.1, 0.15) is 13.8 Å². The zero-order valence-corrected chi connectivity index (χ0v) is 12.1. The first-order valence-corrected chi connectivity index (χ1v) is 6.67. The summed E-state index contributed by atoms with van der Waals surface area (Å²) in [6, 6.07) is 8.17. The average molecular weight is 253 g/mol. The molecule has 2 nitrogen and oxygen atoms in total. The van der Waals surface area contributed by atoms with Gasteiger partial charge in [-0.25, -0.2) is 0 Å². The molecule has 0 aliphatic carbocycles. The number of benzene rings is 1. The van der Waals surface area contributed by atoms with Gasteiger partial charge >= 0.3 is 0 Å². The lowest BCUT2D eigenvalue weighted by molar-refractivity contribution is 0.413. The lowest BCUT2D eigenvalue weighted by atomic mass is 9.97. The minimum Gasteiger partial charge on any atom is -0.497 e. The van der Waals surface area contributed by atoms with E-state index in [0.717, 1.165) is 18.0 Å². The van der Waals surface area contributed by atoms with E-state index in [9.17, 15) is 0 Å². The molecule has 0 aromatic heterocycles. The second-order valence-corrected chi connectivity index (χ2v) is 5.13. The molecule has 1 unspecified atom stereocenters. The van der Waals surface area contributed by atoms with Crippen LogP contribution in [-0.2, 0) is 0 Å². The van der Waals surface area contributed by atoms with Gasteiger partial charge < -0.3 is 9.64 Å². The fraction of sp³-hybridized carbons (Fsp3) is 0.571. The highest BCUT2D eigenvalue weighted by Gasteiger charge is 2.14. The van der Waals surface area contributed by atoms with Gasteiger partial charge in [-0.15, -0.1) is 0 Å². The normalized spacial score (nSPS) is 12.6. The molecule has 0 bridgehead atoms. The second-order valence-electron chi connectivity index (χ2n) is 4.77. The number of hydrogen-bond donors (Lipinski definition) is 1. The van der Waals surface area contributed by atoms with Crippen LogP contribution in [0.4, 0.5) is 5.69 Å². The number of thiol groups is 1. The van der Waals surface area contributed by atoms with Crippen molar-refractivity contribution in [3.05, 3.63) is 24.3 Å². The van der Waals surface area contributed by atoms with E-state index in [1.54, 1.807) is 7.11 Å². The van der Waals surface area contributed by atoms with Gasteiger partial charge in [-0.2, -0.15) is 12.6 Å². The van der Waals surface area contributed by atoms with Gasteiger partial charge in [0.25, 0.3) is 0 Å². The second kappa shape index (κ2) is 6.80. The maximum absolute atomic E-state index is 5.24. The van der Waals surface area contributed by atoms with Crippen LogP contribution in [0.15, 0.2) is 24.3 Å². The maximum atomic E-state index is 5.24. The molecule has 1 aromatic rings. The van der Waals surface area contributed by atoms with Crippen molar-refractivity contribution in [3.63, 3.8) is 0 Å². The molecule has 1 atom stereocenters. The summed E-state index contributed by atoms with van der Waals surface area (Å²) in [6.45, 7) is 5.52. The molecule has 0 aliphatic heterocycles. The van der Waals surface area contributed by atoms with Crippen LogP contribution in [0.2, 0.25) is 0 Å². The quantitative estimate of drug-likeness (QED) is 0.781.